The van der Waals surface area contributed by atoms with Crippen LogP contribution in [-0.2, 0) is 26.0 Å². The summed E-state index contributed by atoms with van der Waals surface area (Å²) in [4.78, 5) is 28.5. The monoisotopic (exact) mass is 566 g/mol. The van der Waals surface area contributed by atoms with Gasteiger partial charge in [0, 0.05) is 17.5 Å². The van der Waals surface area contributed by atoms with Gasteiger partial charge in [-0.05, 0) is 123 Å². The maximum Gasteiger partial charge on any atom is 0.329 e. The molecule has 6 atom stereocenters. The number of primary sulfonamides is 1. The molecule has 214 valence electrons. The van der Waals surface area contributed by atoms with E-state index in [0.717, 1.165) is 38.5 Å². The van der Waals surface area contributed by atoms with Gasteiger partial charge in [0.15, 0.2) is 0 Å². The molecule has 2 saturated carbocycles. The van der Waals surface area contributed by atoms with Gasteiger partial charge in [-0.15, -0.1) is 0 Å². The van der Waals surface area contributed by atoms with Crippen molar-refractivity contribution in [3.05, 3.63) is 58.7 Å². The number of hydrogen-bond donors (Lipinski definition) is 2. The first-order chi connectivity index (χ1) is 19.0. The van der Waals surface area contributed by atoms with Crippen molar-refractivity contribution in [3.8, 4) is 5.75 Å². The lowest BCUT2D eigenvalue weighted by Crippen LogP contribution is -2.47. The first-order valence-corrected chi connectivity index (χ1v) is 16.0. The van der Waals surface area contributed by atoms with Gasteiger partial charge in [-0.3, -0.25) is 4.79 Å². The molecule has 3 fully saturated rings. The summed E-state index contributed by atoms with van der Waals surface area (Å²) >= 11 is 0. The Morgan fingerprint density at radius 3 is 2.62 bits per heavy atom. The Morgan fingerprint density at radius 2 is 1.88 bits per heavy atom. The molecule has 0 aromatic heterocycles. The van der Waals surface area contributed by atoms with Crippen LogP contribution in [0.3, 0.4) is 0 Å². The van der Waals surface area contributed by atoms with E-state index in [4.69, 9.17) is 9.88 Å². The van der Waals surface area contributed by atoms with E-state index in [-0.39, 0.29) is 28.3 Å². The highest BCUT2D eigenvalue weighted by Crippen LogP contribution is 2.61. The van der Waals surface area contributed by atoms with E-state index in [1.165, 1.54) is 29.3 Å². The fraction of sp³-hybridized carbons (Fsp3) is 0.548. The molecule has 1 saturated heterocycles. The average molecular weight is 567 g/mol. The number of fused-ring (bicyclic) bond motifs is 5. The largest absolute Gasteiger partial charge is 0.508 e. The number of esters is 1. The van der Waals surface area contributed by atoms with Crippen molar-refractivity contribution in [3.63, 3.8) is 0 Å². The van der Waals surface area contributed by atoms with Gasteiger partial charge in [-0.25, -0.2) is 18.4 Å². The Morgan fingerprint density at radius 1 is 1.07 bits per heavy atom. The number of benzene rings is 2. The Hall–Kier alpha value is -2.91. The number of nitrogens with zero attached hydrogens (tertiary/aromatic N) is 1. The Bertz CT molecular complexity index is 1470. The second-order valence-electron chi connectivity index (χ2n) is 12.5. The molecule has 0 spiro atoms. The molecule has 6 rings (SSSR count). The third kappa shape index (κ3) is 4.51. The summed E-state index contributed by atoms with van der Waals surface area (Å²) in [6.07, 6.45) is 7.07. The van der Waals surface area contributed by atoms with E-state index >= 15 is 0 Å². The molecule has 0 bridgehead atoms. The highest BCUT2D eigenvalue weighted by Gasteiger charge is 2.56. The van der Waals surface area contributed by atoms with Crippen LogP contribution in [0.15, 0.2) is 41.3 Å². The number of rotatable bonds is 4. The van der Waals surface area contributed by atoms with E-state index < -0.39 is 16.1 Å². The lowest BCUT2D eigenvalue weighted by Gasteiger charge is -2.50. The summed E-state index contributed by atoms with van der Waals surface area (Å²) in [7, 11) is -3.88. The molecule has 8 nitrogen and oxygen atoms in total. The number of ether oxygens (including phenoxy) is 1. The number of amides is 1. The van der Waals surface area contributed by atoms with Crippen molar-refractivity contribution in [1.82, 2.24) is 4.90 Å². The van der Waals surface area contributed by atoms with E-state index in [2.05, 4.69) is 13.0 Å². The summed E-state index contributed by atoms with van der Waals surface area (Å²) in [6, 6.07) is 9.52. The van der Waals surface area contributed by atoms with Gasteiger partial charge >= 0.3 is 5.97 Å². The van der Waals surface area contributed by atoms with Crippen molar-refractivity contribution in [2.75, 3.05) is 6.54 Å². The first kappa shape index (κ1) is 27.3. The van der Waals surface area contributed by atoms with Crippen LogP contribution in [0.25, 0.3) is 0 Å². The summed E-state index contributed by atoms with van der Waals surface area (Å²) in [5.74, 6) is 1.22. The number of carbonyl (C=O) groups is 2. The summed E-state index contributed by atoms with van der Waals surface area (Å²) < 4.78 is 29.8. The molecule has 40 heavy (non-hydrogen) atoms. The lowest BCUT2D eigenvalue weighted by molar-refractivity contribution is -0.162. The predicted molar refractivity (Wildman–Crippen MR) is 149 cm³/mol. The molecular formula is C31H38N2O6S. The SMILES string of the molecule is Cc1cc(C(=O)N2CCC[C@H]2C(=O)O[C@H]2CC[C@H]3[C@@H]4CCc5cc(O)ccc5[C@H]4CC[C@]23C)ccc1S(N)(=O)=O. The number of likely N-dealkylation sites (tertiary alicyclic amines) is 1. The molecule has 0 unspecified atom stereocenters. The zero-order valence-corrected chi connectivity index (χ0v) is 24.0. The number of aryl methyl sites for hydroxylation is 2. The molecule has 2 aromatic rings. The van der Waals surface area contributed by atoms with Crippen molar-refractivity contribution in [2.24, 2.45) is 22.4 Å². The van der Waals surface area contributed by atoms with Crippen molar-refractivity contribution >= 4 is 21.9 Å². The van der Waals surface area contributed by atoms with Crippen LogP contribution >= 0.6 is 0 Å². The number of phenolic OH excluding ortho intramolecular Hbond substituents is 1. The van der Waals surface area contributed by atoms with Gasteiger partial charge in [0.05, 0.1) is 4.90 Å². The van der Waals surface area contributed by atoms with Crippen LogP contribution in [0.2, 0.25) is 0 Å². The summed E-state index contributed by atoms with van der Waals surface area (Å²) in [5, 5.41) is 15.2. The van der Waals surface area contributed by atoms with Crippen molar-refractivity contribution in [1.29, 1.82) is 0 Å². The van der Waals surface area contributed by atoms with Crippen molar-refractivity contribution in [2.45, 2.75) is 88.2 Å². The highest BCUT2D eigenvalue weighted by atomic mass is 32.2. The number of carbonyl (C=O) groups excluding carboxylic acids is 2. The molecule has 1 heterocycles. The second-order valence-corrected chi connectivity index (χ2v) is 14.1. The van der Waals surface area contributed by atoms with Gasteiger partial charge in [-0.1, -0.05) is 13.0 Å². The smallest absolute Gasteiger partial charge is 0.329 e. The minimum Gasteiger partial charge on any atom is -0.508 e. The quantitative estimate of drug-likeness (QED) is 0.528. The zero-order valence-electron chi connectivity index (χ0n) is 23.1. The van der Waals surface area contributed by atoms with E-state index in [0.29, 0.717) is 54.0 Å². The molecule has 9 heteroatoms. The van der Waals surface area contributed by atoms with E-state index in [9.17, 15) is 23.1 Å². The second kappa shape index (κ2) is 9.87. The van der Waals surface area contributed by atoms with Crippen LogP contribution in [0.4, 0.5) is 0 Å². The van der Waals surface area contributed by atoms with Crippen LogP contribution in [-0.4, -0.2) is 49.0 Å². The normalized spacial score (nSPS) is 31.3. The van der Waals surface area contributed by atoms with Crippen LogP contribution in [0.1, 0.15) is 84.8 Å². The molecule has 1 amide bonds. The van der Waals surface area contributed by atoms with Crippen LogP contribution in [0, 0.1) is 24.2 Å². The van der Waals surface area contributed by atoms with Gasteiger partial charge < -0.3 is 14.7 Å². The topological polar surface area (TPSA) is 127 Å². The Labute approximate surface area is 235 Å². The molecule has 1 aliphatic heterocycles. The summed E-state index contributed by atoms with van der Waals surface area (Å²) in [6.45, 7) is 4.35. The van der Waals surface area contributed by atoms with Crippen LogP contribution in [0.5, 0.6) is 5.75 Å². The Kier molecular flexibility index (Phi) is 6.73. The third-order valence-corrected chi connectivity index (χ3v) is 11.5. The minimum atomic E-state index is -3.88. The van der Waals surface area contributed by atoms with Gasteiger partial charge in [0.2, 0.25) is 10.0 Å². The van der Waals surface area contributed by atoms with Gasteiger partial charge in [0.25, 0.3) is 5.91 Å². The van der Waals surface area contributed by atoms with E-state index in [1.807, 2.05) is 6.07 Å². The van der Waals surface area contributed by atoms with E-state index in [1.54, 1.807) is 17.9 Å². The highest BCUT2D eigenvalue weighted by molar-refractivity contribution is 7.89. The fourth-order valence-corrected chi connectivity index (χ4v) is 9.22. The molecule has 2 aromatic carbocycles. The van der Waals surface area contributed by atoms with Crippen LogP contribution < -0.4 is 5.14 Å². The molecule has 0 radical (unpaired) electrons. The Balaban J connectivity index is 1.16. The number of nitrogens with two attached hydrogens (primary N) is 1. The predicted octanol–water partition coefficient (Wildman–Crippen LogP) is 4.42. The minimum absolute atomic E-state index is 0.0141. The molecule has 4 aliphatic rings. The van der Waals surface area contributed by atoms with Gasteiger partial charge in [-0.2, -0.15) is 0 Å². The average Bonchev–Trinajstić information content (AvgIpc) is 3.52. The number of hydrogen-bond acceptors (Lipinski definition) is 6. The number of aromatic hydroxyl groups is 1. The zero-order chi connectivity index (χ0) is 28.4. The van der Waals surface area contributed by atoms with Gasteiger partial charge in [0.1, 0.15) is 17.9 Å². The fourth-order valence-electron chi connectivity index (χ4n) is 8.46. The molecule has 3 aliphatic carbocycles. The number of phenols is 1. The molecular weight excluding hydrogens is 528 g/mol. The lowest BCUT2D eigenvalue weighted by atomic mass is 9.55. The number of sulfonamides is 1. The molecule has 3 N–H and O–H groups in total. The summed E-state index contributed by atoms with van der Waals surface area (Å²) in [5.41, 5.74) is 3.30. The maximum absolute atomic E-state index is 13.6. The standard InChI is InChI=1S/C31H38N2O6S/c1-18-16-20(6-11-27(18)40(32,37)38)29(35)33-15-3-4-26(33)30(36)39-28-12-10-25-24-8-5-19-17-21(34)7-9-22(19)23(24)13-14-31(25,28)2/h6-7,9,11,16-17,23-26,28,34H,3-5,8,10,12-15H2,1-2H3,(H2,32,37,38)/t23-,24-,25+,26+,28+,31+/m1/s1. The van der Waals surface area contributed by atoms with Crippen molar-refractivity contribution < 1.29 is 27.9 Å². The maximum atomic E-state index is 13.6. The first-order valence-electron chi connectivity index (χ1n) is 14.4. The third-order valence-electron chi connectivity index (χ3n) is 10.4.